The number of fused-ring (bicyclic) bond motifs is 4. The number of aromatic nitrogens is 2. The minimum Gasteiger partial charge on any atom is -0.476 e. The number of hydrogen-bond donors (Lipinski definition) is 5. The Morgan fingerprint density at radius 3 is 2.65 bits per heavy atom. The first-order valence-corrected chi connectivity index (χ1v) is 15.1. The van der Waals surface area contributed by atoms with Crippen molar-refractivity contribution in [2.75, 3.05) is 5.32 Å². The fraction of sp³-hybridized carbons (Fsp3) is 0.364. The van der Waals surface area contributed by atoms with Gasteiger partial charge in [0.2, 0.25) is 17.7 Å². The Bertz CT molecular complexity index is 1890. The lowest BCUT2D eigenvalue weighted by atomic mass is 9.72. The molecule has 3 aliphatic heterocycles. The molecule has 5 heterocycles. The van der Waals surface area contributed by atoms with E-state index in [0.29, 0.717) is 17.1 Å². The van der Waals surface area contributed by atoms with Crippen LogP contribution in [-0.4, -0.2) is 55.8 Å². The summed E-state index contributed by atoms with van der Waals surface area (Å²) < 4.78 is 18.9. The number of carboxylic acids is 1. The number of para-hydroxylation sites is 1. The van der Waals surface area contributed by atoms with Gasteiger partial charge < -0.3 is 39.7 Å². The first kappa shape index (κ1) is 29.5. The zero-order valence-corrected chi connectivity index (χ0v) is 25.6. The highest BCUT2D eigenvalue weighted by molar-refractivity contribution is 5.91. The van der Waals surface area contributed by atoms with Crippen molar-refractivity contribution in [1.29, 1.82) is 0 Å². The number of aliphatic hydroxyl groups is 1. The highest BCUT2D eigenvalue weighted by Gasteiger charge is 2.61. The SMILES string of the molecule is CCC(C)(O)C(=O)N[C@H]1Cc2ccc3c(c2)C2(c4ccccc4NC2O3)c2oc(nc2-c2nc(C(=O)O)co2)[C@H](C(C)C)NC1=O. The molecule has 46 heavy (non-hydrogen) atoms. The van der Waals surface area contributed by atoms with Crippen LogP contribution in [0.5, 0.6) is 5.75 Å². The molecule has 0 aliphatic carbocycles. The van der Waals surface area contributed by atoms with Crippen molar-refractivity contribution in [1.82, 2.24) is 20.6 Å². The molecule has 0 saturated carbocycles. The molecule has 238 valence electrons. The van der Waals surface area contributed by atoms with E-state index in [1.54, 1.807) is 13.0 Å². The molecule has 4 aromatic rings. The molecule has 2 aromatic carbocycles. The average molecular weight is 628 g/mol. The Morgan fingerprint density at radius 2 is 1.93 bits per heavy atom. The molecule has 3 unspecified atom stereocenters. The van der Waals surface area contributed by atoms with Crippen molar-refractivity contribution in [3.8, 4) is 17.3 Å². The number of amides is 2. The number of benzene rings is 2. The minimum absolute atomic E-state index is 0.0693. The minimum atomic E-state index is -1.68. The lowest BCUT2D eigenvalue weighted by Crippen LogP contribution is -2.54. The van der Waals surface area contributed by atoms with Crippen molar-refractivity contribution in [2.24, 2.45) is 5.92 Å². The monoisotopic (exact) mass is 627 g/mol. The molecule has 5 N–H and O–H groups in total. The summed E-state index contributed by atoms with van der Waals surface area (Å²) in [6, 6.07) is 11.4. The Morgan fingerprint density at radius 1 is 1.15 bits per heavy atom. The average Bonchev–Trinajstić information content (AvgIpc) is 3.80. The third-order valence-electron chi connectivity index (χ3n) is 9.14. The van der Waals surface area contributed by atoms with Crippen LogP contribution in [0.25, 0.3) is 11.6 Å². The van der Waals surface area contributed by atoms with Crippen LogP contribution < -0.4 is 20.7 Å². The fourth-order valence-electron chi connectivity index (χ4n) is 6.40. The van der Waals surface area contributed by atoms with Crippen LogP contribution in [0.1, 0.15) is 79.0 Å². The van der Waals surface area contributed by atoms with Crippen LogP contribution in [0.3, 0.4) is 0 Å². The van der Waals surface area contributed by atoms with Gasteiger partial charge in [-0.3, -0.25) is 9.59 Å². The highest BCUT2D eigenvalue weighted by atomic mass is 16.5. The van der Waals surface area contributed by atoms with Gasteiger partial charge in [-0.05, 0) is 42.5 Å². The van der Waals surface area contributed by atoms with Crippen LogP contribution in [0.4, 0.5) is 5.69 Å². The molecule has 3 aliphatic rings. The standard InChI is InChI=1S/C33H33N5O8/c1-5-32(4,43)30(42)35-20-13-16-10-11-22-18(12-16)33(17-8-6-7-9-19(17)36-31(33)45-22)25-24(27-34-21(14-44-27)29(40)41)38-28(46-25)23(15(2)3)37-26(20)39/h6-12,14-15,20,23,31,36,43H,5,13H2,1-4H3,(H,35,42)(H,37,39)(H,40,41)/t20-,23-,31?,32?,33?/m0/s1. The second-order valence-corrected chi connectivity index (χ2v) is 12.5. The lowest BCUT2D eigenvalue weighted by molar-refractivity contribution is -0.141. The zero-order valence-electron chi connectivity index (χ0n) is 25.6. The van der Waals surface area contributed by atoms with E-state index in [4.69, 9.17) is 18.6 Å². The van der Waals surface area contributed by atoms with E-state index in [-0.39, 0.29) is 41.9 Å². The number of nitrogens with one attached hydrogen (secondary N) is 3. The summed E-state index contributed by atoms with van der Waals surface area (Å²) in [4.78, 5) is 47.8. The summed E-state index contributed by atoms with van der Waals surface area (Å²) in [6.07, 6.45) is 0.623. The summed E-state index contributed by atoms with van der Waals surface area (Å²) in [5.74, 6) is -1.73. The Hall–Kier alpha value is -5.17. The van der Waals surface area contributed by atoms with E-state index in [9.17, 15) is 24.6 Å². The second kappa shape index (κ2) is 10.4. The third-order valence-corrected chi connectivity index (χ3v) is 9.14. The van der Waals surface area contributed by atoms with Gasteiger partial charge in [-0.2, -0.15) is 0 Å². The highest BCUT2D eigenvalue weighted by Crippen LogP contribution is 2.59. The number of nitrogens with zero attached hydrogens (tertiary/aromatic N) is 2. The van der Waals surface area contributed by atoms with E-state index in [1.165, 1.54) is 6.92 Å². The Labute approximate surface area is 263 Å². The number of aromatic carboxylic acids is 1. The first-order chi connectivity index (χ1) is 21.9. The van der Waals surface area contributed by atoms with Gasteiger partial charge in [0, 0.05) is 17.7 Å². The number of carboxylic acid groups (broad SMARTS) is 1. The van der Waals surface area contributed by atoms with Gasteiger partial charge in [0.1, 0.15) is 35.1 Å². The summed E-state index contributed by atoms with van der Waals surface area (Å²) in [5, 5.41) is 29.5. The second-order valence-electron chi connectivity index (χ2n) is 12.5. The molecule has 0 saturated heterocycles. The molecule has 1 spiro atoms. The number of anilines is 1. The van der Waals surface area contributed by atoms with Crippen molar-refractivity contribution in [2.45, 2.75) is 69.9 Å². The molecule has 7 rings (SSSR count). The summed E-state index contributed by atoms with van der Waals surface area (Å²) in [5.41, 5.74) is 0.120. The molecular weight excluding hydrogens is 594 g/mol. The quantitative estimate of drug-likeness (QED) is 0.210. The van der Waals surface area contributed by atoms with Crippen LogP contribution in [-0.2, 0) is 21.4 Å². The van der Waals surface area contributed by atoms with E-state index < -0.39 is 47.1 Å². The summed E-state index contributed by atoms with van der Waals surface area (Å²) >= 11 is 0. The maximum absolute atomic E-state index is 13.9. The predicted octanol–water partition coefficient (Wildman–Crippen LogP) is 3.52. The number of rotatable bonds is 6. The van der Waals surface area contributed by atoms with Crippen LogP contribution >= 0.6 is 0 Å². The zero-order chi connectivity index (χ0) is 32.5. The van der Waals surface area contributed by atoms with Gasteiger partial charge in [-0.1, -0.05) is 51.1 Å². The van der Waals surface area contributed by atoms with Crippen molar-refractivity contribution in [3.05, 3.63) is 82.8 Å². The predicted molar refractivity (Wildman–Crippen MR) is 162 cm³/mol. The number of hydrogen-bond acceptors (Lipinski definition) is 10. The number of carbonyl (C=O) groups excluding carboxylic acids is 2. The summed E-state index contributed by atoms with van der Waals surface area (Å²) in [6.45, 7) is 6.86. The van der Waals surface area contributed by atoms with Crippen LogP contribution in [0, 0.1) is 5.92 Å². The molecular formula is C33H33N5O8. The molecule has 2 aromatic heterocycles. The van der Waals surface area contributed by atoms with Gasteiger partial charge in [0.25, 0.3) is 5.91 Å². The van der Waals surface area contributed by atoms with E-state index >= 15 is 0 Å². The maximum atomic E-state index is 13.9. The van der Waals surface area contributed by atoms with E-state index in [1.807, 2.05) is 50.2 Å². The Kier molecular flexibility index (Phi) is 6.71. The fourth-order valence-corrected chi connectivity index (χ4v) is 6.40. The van der Waals surface area contributed by atoms with Crippen molar-refractivity contribution >= 4 is 23.5 Å². The normalized spacial score (nSPS) is 24.0. The van der Waals surface area contributed by atoms with Crippen molar-refractivity contribution < 1.29 is 38.2 Å². The van der Waals surface area contributed by atoms with Gasteiger partial charge in [-0.15, -0.1) is 0 Å². The van der Waals surface area contributed by atoms with E-state index in [2.05, 4.69) is 20.9 Å². The number of oxazole rings is 2. The third kappa shape index (κ3) is 4.37. The molecule has 13 nitrogen and oxygen atoms in total. The molecule has 2 amide bonds. The largest absolute Gasteiger partial charge is 0.476 e. The maximum Gasteiger partial charge on any atom is 0.357 e. The number of carbonyl (C=O) groups is 3. The van der Waals surface area contributed by atoms with Crippen molar-refractivity contribution in [3.63, 3.8) is 0 Å². The number of ether oxygens (including phenoxy) is 1. The van der Waals surface area contributed by atoms with Gasteiger partial charge in [0.05, 0.1) is 0 Å². The topological polar surface area (TPSA) is 189 Å². The van der Waals surface area contributed by atoms with Crippen LogP contribution in [0.2, 0.25) is 0 Å². The molecule has 0 radical (unpaired) electrons. The van der Waals surface area contributed by atoms with Gasteiger partial charge >= 0.3 is 5.97 Å². The molecule has 4 bridgehead atoms. The lowest BCUT2D eigenvalue weighted by Gasteiger charge is -2.29. The molecule has 5 atom stereocenters. The smallest absolute Gasteiger partial charge is 0.357 e. The Balaban J connectivity index is 1.49. The molecule has 0 fully saturated rings. The molecule has 13 heteroatoms. The van der Waals surface area contributed by atoms with Crippen LogP contribution in [0.15, 0.2) is 57.6 Å². The first-order valence-electron chi connectivity index (χ1n) is 15.1. The van der Waals surface area contributed by atoms with Gasteiger partial charge in [-0.25, -0.2) is 14.8 Å². The van der Waals surface area contributed by atoms with E-state index in [0.717, 1.165) is 23.1 Å². The van der Waals surface area contributed by atoms with Gasteiger partial charge in [0.15, 0.2) is 23.4 Å². The summed E-state index contributed by atoms with van der Waals surface area (Å²) in [7, 11) is 0.